The summed E-state index contributed by atoms with van der Waals surface area (Å²) in [7, 11) is 0. The Morgan fingerprint density at radius 2 is 1.71 bits per heavy atom. The zero-order valence-electron chi connectivity index (χ0n) is 12.5. The number of rotatable bonds is 6. The van der Waals surface area contributed by atoms with E-state index in [0.29, 0.717) is 6.04 Å². The van der Waals surface area contributed by atoms with Crippen molar-refractivity contribution in [1.82, 2.24) is 10.2 Å². The van der Waals surface area contributed by atoms with Crippen molar-refractivity contribution in [2.24, 2.45) is 11.8 Å². The maximum atomic E-state index is 3.59. The second kappa shape index (κ2) is 7.38. The molecule has 1 fully saturated rings. The second-order valence-corrected chi connectivity index (χ2v) is 6.24. The summed E-state index contributed by atoms with van der Waals surface area (Å²) < 4.78 is 0. The van der Waals surface area contributed by atoms with Crippen LogP contribution in [0.2, 0.25) is 0 Å². The van der Waals surface area contributed by atoms with Gasteiger partial charge in [0.2, 0.25) is 0 Å². The molecule has 1 N–H and O–H groups in total. The lowest BCUT2D eigenvalue weighted by Crippen LogP contribution is -2.47. The van der Waals surface area contributed by atoms with Crippen LogP contribution in [0.4, 0.5) is 0 Å². The quantitative estimate of drug-likeness (QED) is 0.767. The van der Waals surface area contributed by atoms with Gasteiger partial charge in [-0.2, -0.15) is 0 Å². The first-order chi connectivity index (χ1) is 8.04. The predicted molar refractivity (Wildman–Crippen MR) is 76.4 cm³/mol. The number of hydrogen-bond acceptors (Lipinski definition) is 2. The molecular formula is C15H32N2. The molecule has 1 saturated heterocycles. The Labute approximate surface area is 108 Å². The third-order valence-corrected chi connectivity index (χ3v) is 4.27. The van der Waals surface area contributed by atoms with Crippen molar-refractivity contribution in [3.8, 4) is 0 Å². The summed E-state index contributed by atoms with van der Waals surface area (Å²) in [5.74, 6) is 1.83. The van der Waals surface area contributed by atoms with Gasteiger partial charge in [0.1, 0.15) is 0 Å². The van der Waals surface area contributed by atoms with Crippen LogP contribution in [0.3, 0.4) is 0 Å². The van der Waals surface area contributed by atoms with Crippen LogP contribution < -0.4 is 5.32 Å². The standard InChI is InChI=1S/C15H32N2/c1-6-15(11-16-13(4)5)17-9-7-14(8-10-17)12(2)3/h12-16H,6-11H2,1-5H3. The van der Waals surface area contributed by atoms with Crippen molar-refractivity contribution >= 4 is 0 Å². The third-order valence-electron chi connectivity index (χ3n) is 4.27. The minimum Gasteiger partial charge on any atom is -0.313 e. The molecule has 1 aliphatic rings. The summed E-state index contributed by atoms with van der Waals surface area (Å²) in [4.78, 5) is 2.70. The van der Waals surface area contributed by atoms with E-state index in [1.54, 1.807) is 0 Å². The molecule has 0 aromatic rings. The molecule has 1 heterocycles. The number of likely N-dealkylation sites (tertiary alicyclic amines) is 1. The number of hydrogen-bond donors (Lipinski definition) is 1. The Hall–Kier alpha value is -0.0800. The Morgan fingerprint density at radius 1 is 1.12 bits per heavy atom. The average Bonchev–Trinajstić information content (AvgIpc) is 2.30. The molecular weight excluding hydrogens is 208 g/mol. The molecule has 1 atom stereocenters. The van der Waals surface area contributed by atoms with Gasteiger partial charge in [-0.15, -0.1) is 0 Å². The van der Waals surface area contributed by atoms with Crippen LogP contribution in [0, 0.1) is 11.8 Å². The highest BCUT2D eigenvalue weighted by Gasteiger charge is 2.25. The van der Waals surface area contributed by atoms with E-state index in [2.05, 4.69) is 44.8 Å². The van der Waals surface area contributed by atoms with Gasteiger partial charge < -0.3 is 5.32 Å². The van der Waals surface area contributed by atoms with E-state index in [1.807, 2.05) is 0 Å². The van der Waals surface area contributed by atoms with Gasteiger partial charge >= 0.3 is 0 Å². The van der Waals surface area contributed by atoms with Crippen molar-refractivity contribution in [3.63, 3.8) is 0 Å². The Morgan fingerprint density at radius 3 is 2.12 bits per heavy atom. The van der Waals surface area contributed by atoms with Crippen molar-refractivity contribution < 1.29 is 0 Å². The summed E-state index contributed by atoms with van der Waals surface area (Å²) in [6.45, 7) is 15.3. The van der Waals surface area contributed by atoms with Crippen LogP contribution in [-0.2, 0) is 0 Å². The first kappa shape index (κ1) is 15.0. The average molecular weight is 240 g/mol. The molecule has 102 valence electrons. The minimum absolute atomic E-state index is 0.609. The molecule has 0 aromatic heterocycles. The van der Waals surface area contributed by atoms with Gasteiger partial charge in [-0.3, -0.25) is 4.90 Å². The van der Waals surface area contributed by atoms with Gasteiger partial charge in [0.25, 0.3) is 0 Å². The van der Waals surface area contributed by atoms with E-state index in [0.717, 1.165) is 24.4 Å². The van der Waals surface area contributed by atoms with Crippen LogP contribution in [0.25, 0.3) is 0 Å². The van der Waals surface area contributed by atoms with Gasteiger partial charge in [-0.25, -0.2) is 0 Å². The molecule has 0 saturated carbocycles. The van der Waals surface area contributed by atoms with Crippen LogP contribution in [-0.4, -0.2) is 36.6 Å². The van der Waals surface area contributed by atoms with E-state index < -0.39 is 0 Å². The lowest BCUT2D eigenvalue weighted by atomic mass is 9.86. The minimum atomic E-state index is 0.609. The SMILES string of the molecule is CCC(CNC(C)C)N1CCC(C(C)C)CC1. The Balaban J connectivity index is 2.34. The van der Waals surface area contributed by atoms with Gasteiger partial charge in [-0.1, -0.05) is 34.6 Å². The molecule has 0 aliphatic carbocycles. The summed E-state index contributed by atoms with van der Waals surface area (Å²) >= 11 is 0. The number of nitrogens with one attached hydrogen (secondary N) is 1. The van der Waals surface area contributed by atoms with Crippen LogP contribution in [0.5, 0.6) is 0 Å². The van der Waals surface area contributed by atoms with Crippen molar-refractivity contribution in [2.75, 3.05) is 19.6 Å². The lowest BCUT2D eigenvalue weighted by molar-refractivity contribution is 0.109. The lowest BCUT2D eigenvalue weighted by Gasteiger charge is -2.39. The smallest absolute Gasteiger partial charge is 0.0218 e. The highest BCUT2D eigenvalue weighted by atomic mass is 15.2. The second-order valence-electron chi connectivity index (χ2n) is 6.24. The van der Waals surface area contributed by atoms with Gasteiger partial charge in [-0.05, 0) is 44.2 Å². The van der Waals surface area contributed by atoms with Crippen LogP contribution >= 0.6 is 0 Å². The molecule has 2 nitrogen and oxygen atoms in total. The predicted octanol–water partition coefficient (Wildman–Crippen LogP) is 3.13. The molecule has 1 rings (SSSR count). The number of piperidine rings is 1. The van der Waals surface area contributed by atoms with E-state index in [1.165, 1.54) is 32.4 Å². The molecule has 1 aliphatic heterocycles. The first-order valence-electron chi connectivity index (χ1n) is 7.52. The molecule has 0 radical (unpaired) electrons. The van der Waals surface area contributed by atoms with E-state index >= 15 is 0 Å². The topological polar surface area (TPSA) is 15.3 Å². The van der Waals surface area contributed by atoms with Gasteiger partial charge in [0.15, 0.2) is 0 Å². The largest absolute Gasteiger partial charge is 0.313 e. The van der Waals surface area contributed by atoms with Gasteiger partial charge in [0.05, 0.1) is 0 Å². The summed E-state index contributed by atoms with van der Waals surface area (Å²) in [5, 5.41) is 3.59. The zero-order valence-corrected chi connectivity index (χ0v) is 12.5. The van der Waals surface area contributed by atoms with Crippen molar-refractivity contribution in [1.29, 1.82) is 0 Å². The highest BCUT2D eigenvalue weighted by molar-refractivity contribution is 4.80. The van der Waals surface area contributed by atoms with E-state index in [-0.39, 0.29) is 0 Å². The molecule has 0 spiro atoms. The van der Waals surface area contributed by atoms with Crippen molar-refractivity contribution in [2.45, 2.75) is 66.0 Å². The molecule has 2 heteroatoms. The fourth-order valence-corrected chi connectivity index (χ4v) is 2.85. The molecule has 17 heavy (non-hydrogen) atoms. The zero-order chi connectivity index (χ0) is 12.8. The monoisotopic (exact) mass is 240 g/mol. The number of nitrogens with zero attached hydrogens (tertiary/aromatic N) is 1. The summed E-state index contributed by atoms with van der Waals surface area (Å²) in [6.07, 6.45) is 4.07. The third kappa shape index (κ3) is 4.97. The van der Waals surface area contributed by atoms with E-state index in [9.17, 15) is 0 Å². The normalized spacial score (nSPS) is 21.4. The fourth-order valence-electron chi connectivity index (χ4n) is 2.85. The molecule has 0 aromatic carbocycles. The van der Waals surface area contributed by atoms with E-state index in [4.69, 9.17) is 0 Å². The molecule has 0 bridgehead atoms. The maximum absolute atomic E-state index is 3.59. The van der Waals surface area contributed by atoms with Crippen LogP contribution in [0.15, 0.2) is 0 Å². The highest BCUT2D eigenvalue weighted by Crippen LogP contribution is 2.25. The Bertz CT molecular complexity index is 193. The van der Waals surface area contributed by atoms with Crippen LogP contribution in [0.1, 0.15) is 53.9 Å². The Kier molecular flexibility index (Phi) is 6.50. The first-order valence-corrected chi connectivity index (χ1v) is 7.52. The van der Waals surface area contributed by atoms with Gasteiger partial charge in [0, 0.05) is 18.6 Å². The fraction of sp³-hybridized carbons (Fsp3) is 1.00. The maximum Gasteiger partial charge on any atom is 0.0218 e. The summed E-state index contributed by atoms with van der Waals surface area (Å²) in [6, 6.07) is 1.35. The molecule has 0 amide bonds. The summed E-state index contributed by atoms with van der Waals surface area (Å²) in [5.41, 5.74) is 0. The van der Waals surface area contributed by atoms with Crippen molar-refractivity contribution in [3.05, 3.63) is 0 Å². The molecule has 1 unspecified atom stereocenters.